The second-order valence-corrected chi connectivity index (χ2v) is 4.70. The van der Waals surface area contributed by atoms with Crippen LogP contribution in [0.3, 0.4) is 0 Å². The number of aryl methyl sites for hydroxylation is 1. The molecule has 0 spiro atoms. The zero-order valence-electron chi connectivity index (χ0n) is 9.44. The Kier molecular flexibility index (Phi) is 3.55. The second-order valence-electron chi connectivity index (χ2n) is 3.78. The molecule has 1 aromatic heterocycles. The summed E-state index contributed by atoms with van der Waals surface area (Å²) < 4.78 is 1.05. The molecule has 3 heteroatoms. The van der Waals surface area contributed by atoms with Crippen LogP contribution in [0.4, 0.5) is 0 Å². The van der Waals surface area contributed by atoms with E-state index in [4.69, 9.17) is 5.26 Å². The van der Waals surface area contributed by atoms with Crippen LogP contribution in [0.25, 0.3) is 11.3 Å². The Morgan fingerprint density at radius 1 is 1.18 bits per heavy atom. The quantitative estimate of drug-likeness (QED) is 0.840. The van der Waals surface area contributed by atoms with Crippen LogP contribution in [0, 0.1) is 18.3 Å². The number of aromatic nitrogens is 1. The summed E-state index contributed by atoms with van der Waals surface area (Å²) in [7, 11) is 0. The van der Waals surface area contributed by atoms with Gasteiger partial charge in [-0.3, -0.25) is 4.98 Å². The predicted octanol–water partition coefficient (Wildman–Crippen LogP) is 3.89. The summed E-state index contributed by atoms with van der Waals surface area (Å²) in [6.07, 6.45) is 0.416. The third kappa shape index (κ3) is 2.72. The maximum Gasteiger partial charge on any atom is 0.0705 e. The van der Waals surface area contributed by atoms with E-state index in [0.717, 1.165) is 27.0 Å². The summed E-state index contributed by atoms with van der Waals surface area (Å²) in [4.78, 5) is 4.53. The molecule has 0 amide bonds. The van der Waals surface area contributed by atoms with Crippen molar-refractivity contribution in [2.75, 3.05) is 0 Å². The Morgan fingerprint density at radius 3 is 2.47 bits per heavy atom. The van der Waals surface area contributed by atoms with Gasteiger partial charge in [0.05, 0.1) is 18.2 Å². The molecule has 2 nitrogen and oxygen atoms in total. The van der Waals surface area contributed by atoms with Crippen molar-refractivity contribution < 1.29 is 0 Å². The lowest BCUT2D eigenvalue weighted by molar-refractivity contribution is 1.11. The third-order valence-corrected chi connectivity index (χ3v) is 3.13. The summed E-state index contributed by atoms with van der Waals surface area (Å²) >= 11 is 3.41. The monoisotopic (exact) mass is 286 g/mol. The molecule has 0 aliphatic carbocycles. The van der Waals surface area contributed by atoms with E-state index in [0.29, 0.717) is 6.42 Å². The summed E-state index contributed by atoms with van der Waals surface area (Å²) in [6, 6.07) is 14.1. The van der Waals surface area contributed by atoms with Crippen LogP contribution in [-0.4, -0.2) is 4.98 Å². The lowest BCUT2D eigenvalue weighted by Crippen LogP contribution is -1.93. The molecule has 0 radical (unpaired) electrons. The summed E-state index contributed by atoms with van der Waals surface area (Å²) in [5.41, 5.74) is 3.94. The summed E-state index contributed by atoms with van der Waals surface area (Å²) in [5, 5.41) is 8.68. The summed E-state index contributed by atoms with van der Waals surface area (Å²) in [6.45, 7) is 1.94. The number of benzene rings is 1. The molecule has 0 atom stereocenters. The molecule has 0 aliphatic rings. The fourth-order valence-electron chi connectivity index (χ4n) is 1.64. The van der Waals surface area contributed by atoms with Gasteiger partial charge in [-0.05, 0) is 30.7 Å². The lowest BCUT2D eigenvalue weighted by atomic mass is 10.1. The molecule has 84 valence electrons. The first-order valence-corrected chi connectivity index (χ1v) is 6.09. The molecule has 0 unspecified atom stereocenters. The van der Waals surface area contributed by atoms with Crippen LogP contribution in [0.15, 0.2) is 40.9 Å². The number of nitrogens with zero attached hydrogens (tertiary/aromatic N) is 2. The standard InChI is InChI=1S/C14H11BrN2/c1-10-11(8-9-16)4-7-14(17-10)12-2-5-13(15)6-3-12/h2-7H,8H2,1H3. The van der Waals surface area contributed by atoms with E-state index in [1.807, 2.05) is 43.3 Å². The van der Waals surface area contributed by atoms with Gasteiger partial charge in [0.2, 0.25) is 0 Å². The molecule has 0 bridgehead atoms. The van der Waals surface area contributed by atoms with E-state index >= 15 is 0 Å². The largest absolute Gasteiger partial charge is 0.253 e. The fraction of sp³-hybridized carbons (Fsp3) is 0.143. The first-order valence-electron chi connectivity index (χ1n) is 5.30. The van der Waals surface area contributed by atoms with E-state index in [2.05, 4.69) is 27.0 Å². The zero-order chi connectivity index (χ0) is 12.3. The van der Waals surface area contributed by atoms with Crippen molar-refractivity contribution in [3.8, 4) is 17.3 Å². The van der Waals surface area contributed by atoms with Crippen molar-refractivity contribution in [1.29, 1.82) is 5.26 Å². The van der Waals surface area contributed by atoms with Gasteiger partial charge in [0.15, 0.2) is 0 Å². The number of rotatable bonds is 2. The molecule has 2 rings (SSSR count). The van der Waals surface area contributed by atoms with Crippen molar-refractivity contribution in [2.45, 2.75) is 13.3 Å². The average molecular weight is 287 g/mol. The van der Waals surface area contributed by atoms with Crippen LogP contribution in [0.5, 0.6) is 0 Å². The first-order chi connectivity index (χ1) is 8.20. The van der Waals surface area contributed by atoms with Gasteiger partial charge in [0.1, 0.15) is 0 Å². The van der Waals surface area contributed by atoms with E-state index in [9.17, 15) is 0 Å². The highest BCUT2D eigenvalue weighted by molar-refractivity contribution is 9.10. The van der Waals surface area contributed by atoms with Crippen molar-refractivity contribution in [2.24, 2.45) is 0 Å². The number of halogens is 1. The number of hydrogen-bond donors (Lipinski definition) is 0. The highest BCUT2D eigenvalue weighted by atomic mass is 79.9. The molecular formula is C14H11BrN2. The van der Waals surface area contributed by atoms with Crippen LogP contribution >= 0.6 is 15.9 Å². The molecule has 0 fully saturated rings. The molecule has 0 aliphatic heterocycles. The molecule has 0 N–H and O–H groups in total. The molecule has 1 heterocycles. The molecule has 17 heavy (non-hydrogen) atoms. The summed E-state index contributed by atoms with van der Waals surface area (Å²) in [5.74, 6) is 0. The van der Waals surface area contributed by atoms with E-state index in [-0.39, 0.29) is 0 Å². The molecule has 0 saturated heterocycles. The predicted molar refractivity (Wildman–Crippen MR) is 71.4 cm³/mol. The van der Waals surface area contributed by atoms with Gasteiger partial charge in [-0.2, -0.15) is 5.26 Å². The minimum absolute atomic E-state index is 0.416. The second kappa shape index (κ2) is 5.11. The Bertz CT molecular complexity index is 568. The average Bonchev–Trinajstić information content (AvgIpc) is 2.33. The lowest BCUT2D eigenvalue weighted by Gasteiger charge is -2.05. The van der Waals surface area contributed by atoms with Crippen LogP contribution in [0.1, 0.15) is 11.3 Å². The molecule has 2 aromatic rings. The highest BCUT2D eigenvalue weighted by Gasteiger charge is 2.03. The van der Waals surface area contributed by atoms with Gasteiger partial charge in [0.25, 0.3) is 0 Å². The number of pyridine rings is 1. The smallest absolute Gasteiger partial charge is 0.0705 e. The number of nitriles is 1. The third-order valence-electron chi connectivity index (χ3n) is 2.60. The Morgan fingerprint density at radius 2 is 1.88 bits per heavy atom. The van der Waals surface area contributed by atoms with Gasteiger partial charge in [-0.25, -0.2) is 0 Å². The SMILES string of the molecule is Cc1nc(-c2ccc(Br)cc2)ccc1CC#N. The fourth-order valence-corrected chi connectivity index (χ4v) is 1.91. The van der Waals surface area contributed by atoms with Gasteiger partial charge in [-0.1, -0.05) is 34.1 Å². The van der Waals surface area contributed by atoms with Gasteiger partial charge < -0.3 is 0 Å². The topological polar surface area (TPSA) is 36.7 Å². The highest BCUT2D eigenvalue weighted by Crippen LogP contribution is 2.21. The maximum atomic E-state index is 8.68. The number of hydrogen-bond acceptors (Lipinski definition) is 2. The Hall–Kier alpha value is -1.66. The van der Waals surface area contributed by atoms with Crippen LogP contribution in [-0.2, 0) is 6.42 Å². The van der Waals surface area contributed by atoms with Crippen LogP contribution in [0.2, 0.25) is 0 Å². The van der Waals surface area contributed by atoms with E-state index < -0.39 is 0 Å². The first kappa shape index (κ1) is 11.8. The van der Waals surface area contributed by atoms with Crippen molar-refractivity contribution in [3.63, 3.8) is 0 Å². The van der Waals surface area contributed by atoms with Crippen molar-refractivity contribution in [3.05, 3.63) is 52.1 Å². The molecule has 0 saturated carbocycles. The van der Waals surface area contributed by atoms with E-state index in [1.165, 1.54) is 0 Å². The Balaban J connectivity index is 2.38. The van der Waals surface area contributed by atoms with Crippen molar-refractivity contribution >= 4 is 15.9 Å². The minimum atomic E-state index is 0.416. The van der Waals surface area contributed by atoms with Crippen molar-refractivity contribution in [1.82, 2.24) is 4.98 Å². The van der Waals surface area contributed by atoms with E-state index in [1.54, 1.807) is 0 Å². The minimum Gasteiger partial charge on any atom is -0.253 e. The van der Waals surface area contributed by atoms with Gasteiger partial charge in [0, 0.05) is 15.7 Å². The normalized spacial score (nSPS) is 9.94. The molecular weight excluding hydrogens is 276 g/mol. The zero-order valence-corrected chi connectivity index (χ0v) is 11.0. The van der Waals surface area contributed by atoms with Crippen LogP contribution < -0.4 is 0 Å². The molecule has 1 aromatic carbocycles. The van der Waals surface area contributed by atoms with Gasteiger partial charge >= 0.3 is 0 Å². The van der Waals surface area contributed by atoms with Gasteiger partial charge in [-0.15, -0.1) is 0 Å². The Labute approximate surface area is 109 Å². The maximum absolute atomic E-state index is 8.68.